The second-order valence-corrected chi connectivity index (χ2v) is 23.8. The molecule has 9 aromatic carbocycles. The van der Waals surface area contributed by atoms with Crippen LogP contribution in [0.1, 0.15) is 126 Å². The van der Waals surface area contributed by atoms with E-state index in [4.69, 9.17) is 0 Å². The Morgan fingerprint density at radius 2 is 0.789 bits per heavy atom. The maximum atomic E-state index is 2.58. The van der Waals surface area contributed by atoms with Crippen LogP contribution in [0.3, 0.4) is 0 Å². The molecule has 0 aliphatic heterocycles. The highest BCUT2D eigenvalue weighted by atomic mass is 15.1. The van der Waals surface area contributed by atoms with E-state index in [2.05, 4.69) is 287 Å². The highest BCUT2D eigenvalue weighted by Gasteiger charge is 2.49. The zero-order valence-electron chi connectivity index (χ0n) is 43.6. The summed E-state index contributed by atoms with van der Waals surface area (Å²) in [4.78, 5) is 2.58. The molecule has 2 aliphatic carbocycles. The second-order valence-electron chi connectivity index (χ2n) is 23.8. The van der Waals surface area contributed by atoms with Crippen LogP contribution in [-0.2, 0) is 27.1 Å². The van der Waals surface area contributed by atoms with Gasteiger partial charge in [0.05, 0.1) is 11.1 Å². The lowest BCUT2D eigenvalue weighted by atomic mass is 9.66. The van der Waals surface area contributed by atoms with Gasteiger partial charge in [0.25, 0.3) is 0 Å². The molecule has 1 heteroatoms. The standard InChI is InChI=1S/C70H67N/c1-66(2,3)50-32-34-52(35-33-50)70(51-22-16-13-17-23-51)62-42-53(67(4,5)6)36-40-59(62)65-63(70)43-54(68(7,8)9)44-64(65)71(56-39-41-58-57-24-18-19-25-60(57)69(10,11)61(58)45-56)55-37-30-49(31-38-55)48-28-26-47(27-29-48)46-20-14-12-15-21-46/h12-45H,1-11H3. The average molecular weight is 922 g/mol. The first-order valence-electron chi connectivity index (χ1n) is 25.7. The predicted molar refractivity (Wildman–Crippen MR) is 303 cm³/mol. The lowest BCUT2D eigenvalue weighted by Gasteiger charge is -2.37. The first-order valence-corrected chi connectivity index (χ1v) is 25.7. The fraction of sp³-hybridized carbons (Fsp3) is 0.229. The van der Waals surface area contributed by atoms with Gasteiger partial charge in [-0.05, 0) is 136 Å². The normalized spacial score (nSPS) is 15.7. The van der Waals surface area contributed by atoms with E-state index >= 15 is 0 Å². The monoisotopic (exact) mass is 922 g/mol. The molecule has 0 spiro atoms. The van der Waals surface area contributed by atoms with Gasteiger partial charge in [0.15, 0.2) is 0 Å². The van der Waals surface area contributed by atoms with E-state index in [0.29, 0.717) is 0 Å². The van der Waals surface area contributed by atoms with Crippen LogP contribution in [0, 0.1) is 0 Å². The number of nitrogens with zero attached hydrogens (tertiary/aromatic N) is 1. The molecule has 1 atom stereocenters. The maximum Gasteiger partial charge on any atom is 0.0714 e. The van der Waals surface area contributed by atoms with E-state index in [1.54, 1.807) is 0 Å². The minimum Gasteiger partial charge on any atom is -0.310 e. The van der Waals surface area contributed by atoms with Crippen LogP contribution >= 0.6 is 0 Å². The minimum atomic E-state index is -0.609. The Labute approximate surface area is 423 Å². The Morgan fingerprint density at radius 3 is 1.39 bits per heavy atom. The van der Waals surface area contributed by atoms with Crippen LogP contribution in [0.2, 0.25) is 0 Å². The van der Waals surface area contributed by atoms with E-state index < -0.39 is 5.41 Å². The fourth-order valence-electron chi connectivity index (χ4n) is 11.7. The molecule has 0 heterocycles. The topological polar surface area (TPSA) is 3.24 Å². The van der Waals surface area contributed by atoms with Crippen molar-refractivity contribution in [3.63, 3.8) is 0 Å². The van der Waals surface area contributed by atoms with E-state index in [-0.39, 0.29) is 21.7 Å². The summed E-state index contributed by atoms with van der Waals surface area (Å²) in [5, 5.41) is 0. The third kappa shape index (κ3) is 7.68. The molecule has 0 radical (unpaired) electrons. The van der Waals surface area contributed by atoms with Crippen LogP contribution < -0.4 is 4.90 Å². The third-order valence-electron chi connectivity index (χ3n) is 15.9. The molecule has 9 aromatic rings. The molecule has 0 saturated carbocycles. The lowest BCUT2D eigenvalue weighted by Crippen LogP contribution is -2.30. The molecule has 1 unspecified atom stereocenters. The van der Waals surface area contributed by atoms with Crippen LogP contribution in [0.4, 0.5) is 17.1 Å². The van der Waals surface area contributed by atoms with Gasteiger partial charge in [0.2, 0.25) is 0 Å². The van der Waals surface area contributed by atoms with Crippen molar-refractivity contribution in [2.45, 2.75) is 103 Å². The number of anilines is 3. The Kier molecular flexibility index (Phi) is 10.9. The molecule has 0 amide bonds. The molecular weight excluding hydrogens is 855 g/mol. The zero-order valence-corrected chi connectivity index (χ0v) is 43.6. The summed E-state index contributed by atoms with van der Waals surface area (Å²) in [5.74, 6) is 0. The summed E-state index contributed by atoms with van der Waals surface area (Å²) in [6, 6.07) is 78.7. The summed E-state index contributed by atoms with van der Waals surface area (Å²) in [7, 11) is 0. The Balaban J connectivity index is 1.21. The largest absolute Gasteiger partial charge is 0.310 e. The first kappa shape index (κ1) is 46.2. The fourth-order valence-corrected chi connectivity index (χ4v) is 11.7. The van der Waals surface area contributed by atoms with Gasteiger partial charge in [-0.25, -0.2) is 0 Å². The third-order valence-corrected chi connectivity index (χ3v) is 15.9. The minimum absolute atomic E-state index is 0.0172. The smallest absolute Gasteiger partial charge is 0.0714 e. The summed E-state index contributed by atoms with van der Waals surface area (Å²) in [5.41, 5.74) is 24.4. The quantitative estimate of drug-likeness (QED) is 0.154. The second kappa shape index (κ2) is 16.7. The van der Waals surface area contributed by atoms with Crippen molar-refractivity contribution in [2.24, 2.45) is 0 Å². The van der Waals surface area contributed by atoms with Crippen LogP contribution in [0.5, 0.6) is 0 Å². The van der Waals surface area contributed by atoms with Crippen molar-refractivity contribution in [1.29, 1.82) is 0 Å². The predicted octanol–water partition coefficient (Wildman–Crippen LogP) is 19.1. The van der Waals surface area contributed by atoms with E-state index in [1.807, 2.05) is 0 Å². The molecule has 1 nitrogen and oxygen atoms in total. The molecule has 71 heavy (non-hydrogen) atoms. The molecule has 11 rings (SSSR count). The molecule has 352 valence electrons. The van der Waals surface area contributed by atoms with Gasteiger partial charge in [0, 0.05) is 22.4 Å². The molecule has 0 aromatic heterocycles. The van der Waals surface area contributed by atoms with Crippen LogP contribution in [0.25, 0.3) is 44.5 Å². The molecule has 0 fully saturated rings. The van der Waals surface area contributed by atoms with E-state index in [0.717, 1.165) is 11.4 Å². The molecule has 0 bridgehead atoms. The van der Waals surface area contributed by atoms with Crippen molar-refractivity contribution in [3.05, 3.63) is 256 Å². The SMILES string of the molecule is CC(C)(C)c1ccc(C2(c3ccccc3)c3cc(C(C)(C)C)ccc3-c3c(N(c4ccc(-c5ccc(-c6ccccc6)cc5)cc4)c4ccc5c(c4)C(C)(C)c4ccccc4-5)cc(C(C)(C)C)cc32)cc1. The van der Waals surface area contributed by atoms with Crippen molar-refractivity contribution >= 4 is 17.1 Å². The van der Waals surface area contributed by atoms with Gasteiger partial charge in [-0.2, -0.15) is 0 Å². The van der Waals surface area contributed by atoms with E-state index in [1.165, 1.54) is 100 Å². The number of benzene rings is 9. The summed E-state index contributed by atoms with van der Waals surface area (Å²) < 4.78 is 0. The Bertz CT molecular complexity index is 3440. The van der Waals surface area contributed by atoms with Gasteiger partial charge < -0.3 is 4.90 Å². The molecule has 0 saturated heterocycles. The van der Waals surface area contributed by atoms with Crippen molar-refractivity contribution in [3.8, 4) is 44.5 Å². The summed E-state index contributed by atoms with van der Waals surface area (Å²) >= 11 is 0. The molecule has 0 N–H and O–H groups in total. The van der Waals surface area contributed by atoms with Gasteiger partial charge in [0.1, 0.15) is 0 Å². The highest BCUT2D eigenvalue weighted by Crippen LogP contribution is 2.61. The zero-order chi connectivity index (χ0) is 49.7. The number of hydrogen-bond donors (Lipinski definition) is 0. The van der Waals surface area contributed by atoms with Crippen LogP contribution in [0.15, 0.2) is 206 Å². The Hall–Kier alpha value is -7.22. The number of fused-ring (bicyclic) bond motifs is 6. The first-order chi connectivity index (χ1) is 33.8. The average Bonchev–Trinajstić information content (AvgIpc) is 3.79. The van der Waals surface area contributed by atoms with Crippen molar-refractivity contribution in [1.82, 2.24) is 0 Å². The van der Waals surface area contributed by atoms with Crippen molar-refractivity contribution in [2.75, 3.05) is 4.90 Å². The molecule has 2 aliphatic rings. The number of rotatable bonds is 7. The van der Waals surface area contributed by atoms with Gasteiger partial charge in [-0.1, -0.05) is 252 Å². The highest BCUT2D eigenvalue weighted by molar-refractivity contribution is 5.99. The van der Waals surface area contributed by atoms with Gasteiger partial charge in [-0.3, -0.25) is 0 Å². The van der Waals surface area contributed by atoms with Crippen molar-refractivity contribution < 1.29 is 0 Å². The van der Waals surface area contributed by atoms with Gasteiger partial charge in [-0.15, -0.1) is 0 Å². The molecular formula is C70H67N. The Morgan fingerprint density at radius 1 is 0.324 bits per heavy atom. The van der Waals surface area contributed by atoms with E-state index in [9.17, 15) is 0 Å². The maximum absolute atomic E-state index is 2.58. The van der Waals surface area contributed by atoms with Crippen LogP contribution in [-0.4, -0.2) is 0 Å². The van der Waals surface area contributed by atoms with Gasteiger partial charge >= 0.3 is 0 Å². The summed E-state index contributed by atoms with van der Waals surface area (Å²) in [6.45, 7) is 25.9. The summed E-state index contributed by atoms with van der Waals surface area (Å²) in [6.07, 6.45) is 0. The number of hydrogen-bond acceptors (Lipinski definition) is 1. The lowest BCUT2D eigenvalue weighted by molar-refractivity contribution is 0.584.